The first-order valence-electron chi connectivity index (χ1n) is 9.00. The second kappa shape index (κ2) is 7.64. The van der Waals surface area contributed by atoms with Gasteiger partial charge in [0, 0.05) is 19.1 Å². The predicted molar refractivity (Wildman–Crippen MR) is 98.3 cm³/mol. The van der Waals surface area contributed by atoms with Gasteiger partial charge in [0.05, 0.1) is 15.5 Å². The summed E-state index contributed by atoms with van der Waals surface area (Å²) in [5.74, 6) is 0.134. The molecule has 7 heteroatoms. The molecule has 5 nitrogen and oxygen atoms in total. The highest BCUT2D eigenvalue weighted by molar-refractivity contribution is 7.89. The quantitative estimate of drug-likeness (QED) is 0.864. The number of nitrogens with one attached hydrogen (secondary N) is 1. The van der Waals surface area contributed by atoms with Gasteiger partial charge in [0.15, 0.2) is 0 Å². The normalized spacial score (nSPS) is 25.0. The van der Waals surface area contributed by atoms with Gasteiger partial charge in [-0.25, -0.2) is 8.42 Å². The van der Waals surface area contributed by atoms with Crippen LogP contribution >= 0.6 is 11.6 Å². The Bertz CT molecular complexity index is 745. The number of nitrogens with zero attached hydrogens (tertiary/aromatic N) is 1. The molecule has 1 aromatic rings. The molecule has 0 aromatic heterocycles. The maximum atomic E-state index is 12.7. The highest BCUT2D eigenvalue weighted by Crippen LogP contribution is 2.27. The van der Waals surface area contributed by atoms with Gasteiger partial charge in [-0.3, -0.25) is 4.79 Å². The van der Waals surface area contributed by atoms with E-state index in [1.165, 1.54) is 28.9 Å². The molecule has 1 N–H and O–H groups in total. The maximum absolute atomic E-state index is 12.7. The van der Waals surface area contributed by atoms with Crippen LogP contribution in [0.1, 0.15) is 55.8 Å². The zero-order valence-electron chi connectivity index (χ0n) is 14.5. The molecule has 1 amide bonds. The topological polar surface area (TPSA) is 66.5 Å². The van der Waals surface area contributed by atoms with E-state index in [-0.39, 0.29) is 27.4 Å². The summed E-state index contributed by atoms with van der Waals surface area (Å²) >= 11 is 6.19. The molecule has 25 heavy (non-hydrogen) atoms. The predicted octanol–water partition coefficient (Wildman–Crippen LogP) is 3.43. The Labute approximate surface area is 154 Å². The summed E-state index contributed by atoms with van der Waals surface area (Å²) in [5.41, 5.74) is 0.236. The van der Waals surface area contributed by atoms with Crippen LogP contribution < -0.4 is 5.32 Å². The first-order chi connectivity index (χ1) is 11.9. The summed E-state index contributed by atoms with van der Waals surface area (Å²) in [6.45, 7) is 3.21. The number of carbonyl (C=O) groups excluding carboxylic acids is 1. The van der Waals surface area contributed by atoms with Gasteiger partial charge in [-0.1, -0.05) is 31.4 Å². The lowest BCUT2D eigenvalue weighted by Crippen LogP contribution is -2.41. The van der Waals surface area contributed by atoms with Crippen LogP contribution in [-0.2, 0) is 10.0 Å². The summed E-state index contributed by atoms with van der Waals surface area (Å²) in [7, 11) is -3.56. The van der Waals surface area contributed by atoms with Crippen molar-refractivity contribution in [1.29, 1.82) is 0 Å². The van der Waals surface area contributed by atoms with E-state index in [9.17, 15) is 13.2 Å². The van der Waals surface area contributed by atoms with Crippen LogP contribution in [0.3, 0.4) is 0 Å². The van der Waals surface area contributed by atoms with E-state index in [0.717, 1.165) is 32.1 Å². The number of sulfonamides is 1. The Morgan fingerprint density at radius 1 is 1.16 bits per heavy atom. The third kappa shape index (κ3) is 4.01. The fourth-order valence-corrected chi connectivity index (χ4v) is 5.44. The van der Waals surface area contributed by atoms with E-state index in [2.05, 4.69) is 12.2 Å². The number of amides is 1. The molecule has 0 radical (unpaired) electrons. The molecule has 3 rings (SSSR count). The lowest BCUT2D eigenvalue weighted by atomic mass is 9.86. The molecule has 2 fully saturated rings. The molecular weight excluding hydrogens is 360 g/mol. The molecule has 0 bridgehead atoms. The van der Waals surface area contributed by atoms with Crippen molar-refractivity contribution in [3.8, 4) is 0 Å². The SMILES string of the molecule is CC1CCCCC1NC(=O)c1cc(S(=O)(=O)N2CCCC2)ccc1Cl. The van der Waals surface area contributed by atoms with E-state index in [1.807, 2.05) is 0 Å². The molecule has 1 aliphatic carbocycles. The van der Waals surface area contributed by atoms with Gasteiger partial charge >= 0.3 is 0 Å². The summed E-state index contributed by atoms with van der Waals surface area (Å²) in [6.07, 6.45) is 6.10. The van der Waals surface area contributed by atoms with Gasteiger partial charge in [0.25, 0.3) is 5.91 Å². The average Bonchev–Trinajstić information content (AvgIpc) is 3.12. The van der Waals surface area contributed by atoms with Gasteiger partial charge in [-0.15, -0.1) is 0 Å². The molecule has 2 unspecified atom stereocenters. The Kier molecular flexibility index (Phi) is 5.71. The van der Waals surface area contributed by atoms with Crippen LogP contribution in [0.2, 0.25) is 5.02 Å². The summed E-state index contributed by atoms with van der Waals surface area (Å²) in [6, 6.07) is 4.52. The van der Waals surface area contributed by atoms with Gasteiger partial charge in [-0.05, 0) is 49.8 Å². The Balaban J connectivity index is 1.82. The smallest absolute Gasteiger partial charge is 0.253 e. The summed E-state index contributed by atoms with van der Waals surface area (Å²) in [4.78, 5) is 12.8. The minimum absolute atomic E-state index is 0.121. The second-order valence-electron chi connectivity index (χ2n) is 7.09. The molecule has 1 aromatic carbocycles. The minimum atomic E-state index is -3.56. The van der Waals surface area contributed by atoms with Crippen LogP contribution in [0, 0.1) is 5.92 Å². The van der Waals surface area contributed by atoms with E-state index in [0.29, 0.717) is 19.0 Å². The average molecular weight is 385 g/mol. The molecule has 0 spiro atoms. The Morgan fingerprint density at radius 3 is 2.52 bits per heavy atom. The number of carbonyl (C=O) groups is 1. The molecule has 138 valence electrons. The fraction of sp³-hybridized carbons (Fsp3) is 0.611. The van der Waals surface area contributed by atoms with Gasteiger partial charge in [0.1, 0.15) is 0 Å². The standard InChI is InChI=1S/C18H25ClN2O3S/c1-13-6-2-3-7-17(13)20-18(22)15-12-14(8-9-16(15)19)25(23,24)21-10-4-5-11-21/h8-9,12-13,17H,2-7,10-11H2,1H3,(H,20,22). The van der Waals surface area contributed by atoms with Gasteiger partial charge < -0.3 is 5.32 Å². The van der Waals surface area contributed by atoms with Gasteiger partial charge in [0.2, 0.25) is 10.0 Å². The van der Waals surface area contributed by atoms with E-state index >= 15 is 0 Å². The van der Waals surface area contributed by atoms with Crippen LogP contribution in [0.5, 0.6) is 0 Å². The fourth-order valence-electron chi connectivity index (χ4n) is 3.69. The van der Waals surface area contributed by atoms with E-state index < -0.39 is 10.0 Å². The number of halogens is 1. The van der Waals surface area contributed by atoms with Crippen molar-refractivity contribution in [3.05, 3.63) is 28.8 Å². The second-order valence-corrected chi connectivity index (χ2v) is 9.44. The number of hydrogen-bond donors (Lipinski definition) is 1. The molecule has 1 aliphatic heterocycles. The van der Waals surface area contributed by atoms with E-state index in [4.69, 9.17) is 11.6 Å². The third-order valence-corrected chi connectivity index (χ3v) is 7.54. The van der Waals surface area contributed by atoms with Crippen molar-refractivity contribution in [1.82, 2.24) is 9.62 Å². The highest BCUT2D eigenvalue weighted by Gasteiger charge is 2.29. The van der Waals surface area contributed by atoms with Crippen molar-refractivity contribution in [2.45, 2.75) is 56.4 Å². The number of rotatable bonds is 4. The number of hydrogen-bond acceptors (Lipinski definition) is 3. The van der Waals surface area contributed by atoms with Crippen molar-refractivity contribution in [3.63, 3.8) is 0 Å². The highest BCUT2D eigenvalue weighted by atomic mass is 35.5. The lowest BCUT2D eigenvalue weighted by molar-refractivity contribution is 0.0910. The van der Waals surface area contributed by atoms with E-state index in [1.54, 1.807) is 0 Å². The first kappa shape index (κ1) is 18.7. The Morgan fingerprint density at radius 2 is 1.84 bits per heavy atom. The van der Waals surface area contributed by atoms with Gasteiger partial charge in [-0.2, -0.15) is 4.31 Å². The first-order valence-corrected chi connectivity index (χ1v) is 10.8. The van der Waals surface area contributed by atoms with Crippen molar-refractivity contribution in [2.75, 3.05) is 13.1 Å². The maximum Gasteiger partial charge on any atom is 0.253 e. The zero-order valence-corrected chi connectivity index (χ0v) is 16.1. The lowest BCUT2D eigenvalue weighted by Gasteiger charge is -2.29. The molecule has 2 atom stereocenters. The monoisotopic (exact) mass is 384 g/mol. The third-order valence-electron chi connectivity index (χ3n) is 5.31. The minimum Gasteiger partial charge on any atom is -0.349 e. The molecule has 1 saturated carbocycles. The Hall–Kier alpha value is -1.11. The largest absolute Gasteiger partial charge is 0.349 e. The van der Waals surface area contributed by atoms with Crippen LogP contribution in [0.25, 0.3) is 0 Å². The number of benzene rings is 1. The molecule has 1 heterocycles. The zero-order chi connectivity index (χ0) is 18.0. The van der Waals surface area contributed by atoms with Crippen LogP contribution in [0.15, 0.2) is 23.1 Å². The molecule has 2 aliphatic rings. The molecular formula is C18H25ClN2O3S. The summed E-state index contributed by atoms with van der Waals surface area (Å²) < 4.78 is 26.9. The molecule has 1 saturated heterocycles. The van der Waals surface area contributed by atoms with Crippen molar-refractivity contribution < 1.29 is 13.2 Å². The summed E-state index contributed by atoms with van der Waals surface area (Å²) in [5, 5.41) is 3.32. The van der Waals surface area contributed by atoms with Crippen molar-refractivity contribution >= 4 is 27.5 Å². The van der Waals surface area contributed by atoms with Crippen LogP contribution in [-0.4, -0.2) is 37.8 Å². The van der Waals surface area contributed by atoms with Crippen molar-refractivity contribution in [2.24, 2.45) is 5.92 Å². The van der Waals surface area contributed by atoms with Crippen LogP contribution in [0.4, 0.5) is 0 Å².